The van der Waals surface area contributed by atoms with Gasteiger partial charge in [-0.1, -0.05) is 41.9 Å². The van der Waals surface area contributed by atoms with Crippen molar-refractivity contribution >= 4 is 51.5 Å². The molecule has 3 aromatic carbocycles. The number of benzene rings is 3. The lowest BCUT2D eigenvalue weighted by atomic mass is 9.88. The van der Waals surface area contributed by atoms with Gasteiger partial charge in [0.05, 0.1) is 11.0 Å². The maximum absolute atomic E-state index is 13.0. The van der Waals surface area contributed by atoms with Crippen LogP contribution in [0.4, 0.5) is 0 Å². The van der Waals surface area contributed by atoms with Crippen LogP contribution in [0.5, 0.6) is 0 Å². The molecule has 0 spiro atoms. The number of imidazole rings is 1. The average molecular weight is 280 g/mol. The first-order valence-corrected chi connectivity index (χ1v) is 7.09. The lowest BCUT2D eigenvalue weighted by molar-refractivity contribution is 1.19. The van der Waals surface area contributed by atoms with E-state index in [9.17, 15) is 4.79 Å². The quantitative estimate of drug-likeness (QED) is 0.408. The SMILES string of the molecule is [B]c1ccc2c3c1cccc3c(=O)n1c3ccccc3nc21. The molecule has 4 heteroatoms. The molecule has 3 nitrogen and oxygen atoms in total. The molecule has 0 amide bonds. The van der Waals surface area contributed by atoms with Crippen LogP contribution in [0.15, 0.2) is 59.4 Å². The third kappa shape index (κ3) is 1.27. The van der Waals surface area contributed by atoms with Gasteiger partial charge < -0.3 is 0 Å². The highest BCUT2D eigenvalue weighted by molar-refractivity contribution is 6.41. The Labute approximate surface area is 126 Å². The molecule has 0 aliphatic rings. The summed E-state index contributed by atoms with van der Waals surface area (Å²) in [5, 5.41) is 3.43. The van der Waals surface area contributed by atoms with Crippen molar-refractivity contribution in [1.82, 2.24) is 9.38 Å². The Hall–Kier alpha value is -2.88. The lowest BCUT2D eigenvalue weighted by Crippen LogP contribution is -2.15. The van der Waals surface area contributed by atoms with E-state index in [1.165, 1.54) is 0 Å². The van der Waals surface area contributed by atoms with Gasteiger partial charge in [-0.15, -0.1) is 0 Å². The number of para-hydroxylation sites is 2. The second kappa shape index (κ2) is 3.86. The predicted octanol–water partition coefficient (Wildman–Crippen LogP) is 2.39. The van der Waals surface area contributed by atoms with E-state index in [2.05, 4.69) is 4.98 Å². The number of pyridine rings is 1. The summed E-state index contributed by atoms with van der Waals surface area (Å²) >= 11 is 0. The predicted molar refractivity (Wildman–Crippen MR) is 90.6 cm³/mol. The van der Waals surface area contributed by atoms with Crippen LogP contribution in [0.3, 0.4) is 0 Å². The summed E-state index contributed by atoms with van der Waals surface area (Å²) in [4.78, 5) is 17.6. The maximum Gasteiger partial charge on any atom is 0.264 e. The molecule has 0 saturated heterocycles. The molecule has 5 rings (SSSR count). The topological polar surface area (TPSA) is 34.4 Å². The van der Waals surface area contributed by atoms with Gasteiger partial charge in [0.25, 0.3) is 5.56 Å². The van der Waals surface area contributed by atoms with Crippen LogP contribution in [-0.2, 0) is 0 Å². The molecule has 0 saturated carbocycles. The first-order valence-electron chi connectivity index (χ1n) is 7.09. The lowest BCUT2D eigenvalue weighted by Gasteiger charge is -2.09. The minimum atomic E-state index is -0.0487. The summed E-state index contributed by atoms with van der Waals surface area (Å²) in [6, 6.07) is 17.2. The second-order valence-corrected chi connectivity index (χ2v) is 5.50. The van der Waals surface area contributed by atoms with E-state index in [1.807, 2.05) is 54.6 Å². The molecule has 0 fully saturated rings. The monoisotopic (exact) mass is 280 g/mol. The number of hydrogen-bond donors (Lipinski definition) is 0. The van der Waals surface area contributed by atoms with Crippen LogP contribution in [-0.4, -0.2) is 17.2 Å². The Morgan fingerprint density at radius 3 is 2.59 bits per heavy atom. The van der Waals surface area contributed by atoms with Crippen LogP contribution < -0.4 is 11.0 Å². The fourth-order valence-electron chi connectivity index (χ4n) is 3.33. The number of rotatable bonds is 0. The van der Waals surface area contributed by atoms with Crippen molar-refractivity contribution in [3.63, 3.8) is 0 Å². The minimum absolute atomic E-state index is 0.0487. The molecule has 0 aliphatic heterocycles. The number of hydrogen-bond acceptors (Lipinski definition) is 2. The normalized spacial score (nSPS) is 12.0. The second-order valence-electron chi connectivity index (χ2n) is 5.50. The molecule has 0 atom stereocenters. The standard InChI is InChI=1S/C18H9BN2O/c19-13-9-8-11-16-10(13)4-3-5-12(16)18(22)21-15-7-2-1-6-14(15)20-17(11)21/h1-9H. The van der Waals surface area contributed by atoms with Gasteiger partial charge in [-0.2, -0.15) is 0 Å². The van der Waals surface area contributed by atoms with Crippen molar-refractivity contribution in [2.75, 3.05) is 0 Å². The molecular weight excluding hydrogens is 271 g/mol. The van der Waals surface area contributed by atoms with Crippen LogP contribution >= 0.6 is 0 Å². The molecule has 2 aromatic heterocycles. The summed E-state index contributed by atoms with van der Waals surface area (Å²) in [7, 11) is 6.07. The van der Waals surface area contributed by atoms with Gasteiger partial charge in [0.2, 0.25) is 0 Å². The van der Waals surface area contributed by atoms with Crippen molar-refractivity contribution < 1.29 is 0 Å². The van der Waals surface area contributed by atoms with E-state index in [0.717, 1.165) is 27.2 Å². The zero-order chi connectivity index (χ0) is 14.8. The molecule has 0 N–H and O–H groups in total. The van der Waals surface area contributed by atoms with E-state index >= 15 is 0 Å². The van der Waals surface area contributed by atoms with Crippen molar-refractivity contribution in [1.29, 1.82) is 0 Å². The van der Waals surface area contributed by atoms with E-state index in [0.29, 0.717) is 16.5 Å². The Morgan fingerprint density at radius 1 is 0.864 bits per heavy atom. The van der Waals surface area contributed by atoms with Gasteiger partial charge in [-0.25, -0.2) is 4.98 Å². The van der Waals surface area contributed by atoms with Crippen LogP contribution in [0.25, 0.3) is 38.2 Å². The highest BCUT2D eigenvalue weighted by atomic mass is 16.1. The molecule has 100 valence electrons. The number of fused-ring (bicyclic) bond motifs is 4. The Balaban J connectivity index is 2.25. The molecule has 0 unspecified atom stereocenters. The zero-order valence-corrected chi connectivity index (χ0v) is 11.6. The number of aromatic nitrogens is 2. The van der Waals surface area contributed by atoms with Gasteiger partial charge in [0.15, 0.2) is 0 Å². The van der Waals surface area contributed by atoms with Gasteiger partial charge in [0, 0.05) is 16.2 Å². The van der Waals surface area contributed by atoms with Gasteiger partial charge in [-0.3, -0.25) is 9.20 Å². The highest BCUT2D eigenvalue weighted by Gasteiger charge is 2.15. The molecule has 22 heavy (non-hydrogen) atoms. The van der Waals surface area contributed by atoms with Gasteiger partial charge in [-0.05, 0) is 23.6 Å². The summed E-state index contributed by atoms with van der Waals surface area (Å²) in [5.41, 5.74) is 2.98. The third-order valence-electron chi connectivity index (χ3n) is 4.31. The molecule has 0 bridgehead atoms. The van der Waals surface area contributed by atoms with E-state index < -0.39 is 0 Å². The smallest absolute Gasteiger partial charge is 0.264 e. The first-order chi connectivity index (χ1) is 10.8. The van der Waals surface area contributed by atoms with Crippen molar-refractivity contribution in [3.05, 3.63) is 65.0 Å². The van der Waals surface area contributed by atoms with Gasteiger partial charge in [0.1, 0.15) is 13.5 Å². The third-order valence-corrected chi connectivity index (χ3v) is 4.31. The van der Waals surface area contributed by atoms with Crippen molar-refractivity contribution in [2.45, 2.75) is 0 Å². The molecule has 2 radical (unpaired) electrons. The van der Waals surface area contributed by atoms with Gasteiger partial charge >= 0.3 is 0 Å². The summed E-state index contributed by atoms with van der Waals surface area (Å²) < 4.78 is 1.70. The van der Waals surface area contributed by atoms with Crippen LogP contribution in [0.2, 0.25) is 0 Å². The number of nitrogens with zero attached hydrogens (tertiary/aromatic N) is 2. The summed E-state index contributed by atoms with van der Waals surface area (Å²) in [6.07, 6.45) is 0. The van der Waals surface area contributed by atoms with E-state index in [-0.39, 0.29) is 5.56 Å². The maximum atomic E-state index is 13.0. The average Bonchev–Trinajstić information content (AvgIpc) is 2.93. The molecular formula is C18H9BN2O. The van der Waals surface area contributed by atoms with Crippen LogP contribution in [0.1, 0.15) is 0 Å². The zero-order valence-electron chi connectivity index (χ0n) is 11.6. The summed E-state index contributed by atoms with van der Waals surface area (Å²) in [6.45, 7) is 0. The largest absolute Gasteiger partial charge is 0.268 e. The van der Waals surface area contributed by atoms with E-state index in [1.54, 1.807) is 4.40 Å². The Kier molecular flexibility index (Phi) is 2.06. The van der Waals surface area contributed by atoms with Crippen LogP contribution in [0, 0.1) is 0 Å². The molecule has 0 aliphatic carbocycles. The minimum Gasteiger partial charge on any atom is -0.268 e. The molecule has 5 aromatic rings. The first kappa shape index (κ1) is 11.7. The Morgan fingerprint density at radius 2 is 1.68 bits per heavy atom. The highest BCUT2D eigenvalue weighted by Crippen LogP contribution is 2.28. The summed E-state index contributed by atoms with van der Waals surface area (Å²) in [5.74, 6) is 0. The van der Waals surface area contributed by atoms with E-state index in [4.69, 9.17) is 7.85 Å². The van der Waals surface area contributed by atoms with Crippen molar-refractivity contribution in [3.8, 4) is 0 Å². The fraction of sp³-hybridized carbons (Fsp3) is 0. The van der Waals surface area contributed by atoms with Crippen molar-refractivity contribution in [2.24, 2.45) is 0 Å². The molecule has 2 heterocycles. The fourth-order valence-corrected chi connectivity index (χ4v) is 3.33. The Bertz CT molecular complexity index is 1260.